The summed E-state index contributed by atoms with van der Waals surface area (Å²) in [5.74, 6) is 0.869. The quantitative estimate of drug-likeness (QED) is 0.777. The SMILES string of the molecule is Cc1ccn2c(-c3cccc(CCN)c3)nnc2c1. The molecule has 0 radical (unpaired) electrons. The van der Waals surface area contributed by atoms with E-state index in [4.69, 9.17) is 5.73 Å². The monoisotopic (exact) mass is 252 g/mol. The smallest absolute Gasteiger partial charge is 0.168 e. The van der Waals surface area contributed by atoms with E-state index in [1.54, 1.807) is 0 Å². The Kier molecular flexibility index (Phi) is 3.01. The minimum Gasteiger partial charge on any atom is -0.330 e. The average Bonchev–Trinajstić information content (AvgIpc) is 2.82. The zero-order valence-electron chi connectivity index (χ0n) is 10.9. The first kappa shape index (κ1) is 11.9. The van der Waals surface area contributed by atoms with Gasteiger partial charge in [-0.15, -0.1) is 10.2 Å². The van der Waals surface area contributed by atoms with E-state index in [1.807, 2.05) is 22.7 Å². The van der Waals surface area contributed by atoms with E-state index in [0.717, 1.165) is 23.5 Å². The molecule has 0 fully saturated rings. The van der Waals surface area contributed by atoms with Crippen molar-refractivity contribution in [3.05, 3.63) is 53.7 Å². The Morgan fingerprint density at radius 1 is 1.16 bits per heavy atom. The van der Waals surface area contributed by atoms with Crippen LogP contribution in [0.25, 0.3) is 17.0 Å². The van der Waals surface area contributed by atoms with Crippen LogP contribution in [0.5, 0.6) is 0 Å². The summed E-state index contributed by atoms with van der Waals surface area (Å²) in [4.78, 5) is 0. The number of benzene rings is 1. The van der Waals surface area contributed by atoms with Crippen LogP contribution in [0.15, 0.2) is 42.6 Å². The summed E-state index contributed by atoms with van der Waals surface area (Å²) in [5.41, 5.74) is 9.96. The van der Waals surface area contributed by atoms with E-state index in [0.29, 0.717) is 6.54 Å². The highest BCUT2D eigenvalue weighted by molar-refractivity contribution is 5.60. The van der Waals surface area contributed by atoms with Crippen molar-refractivity contribution in [3.8, 4) is 11.4 Å². The molecule has 1 aromatic carbocycles. The molecule has 2 heterocycles. The van der Waals surface area contributed by atoms with Crippen LogP contribution in [-0.4, -0.2) is 21.1 Å². The normalized spacial score (nSPS) is 11.1. The molecule has 3 aromatic rings. The fourth-order valence-corrected chi connectivity index (χ4v) is 2.22. The van der Waals surface area contributed by atoms with Crippen LogP contribution in [0.4, 0.5) is 0 Å². The number of fused-ring (bicyclic) bond motifs is 1. The molecule has 0 aliphatic rings. The number of pyridine rings is 1. The zero-order chi connectivity index (χ0) is 13.2. The van der Waals surface area contributed by atoms with Gasteiger partial charge in [0.2, 0.25) is 0 Å². The first-order valence-electron chi connectivity index (χ1n) is 6.39. The van der Waals surface area contributed by atoms with Crippen LogP contribution in [-0.2, 0) is 6.42 Å². The summed E-state index contributed by atoms with van der Waals surface area (Å²) in [5, 5.41) is 8.51. The first-order valence-corrected chi connectivity index (χ1v) is 6.39. The Balaban J connectivity index is 2.11. The summed E-state index contributed by atoms with van der Waals surface area (Å²) in [6.45, 7) is 2.71. The van der Waals surface area contributed by atoms with Gasteiger partial charge in [-0.25, -0.2) is 0 Å². The van der Waals surface area contributed by atoms with Gasteiger partial charge in [0, 0.05) is 11.8 Å². The second-order valence-corrected chi connectivity index (χ2v) is 4.69. The lowest BCUT2D eigenvalue weighted by Crippen LogP contribution is -2.02. The Hall–Kier alpha value is -2.20. The van der Waals surface area contributed by atoms with Crippen LogP contribution < -0.4 is 5.73 Å². The van der Waals surface area contributed by atoms with Gasteiger partial charge >= 0.3 is 0 Å². The molecule has 19 heavy (non-hydrogen) atoms. The second kappa shape index (κ2) is 4.82. The van der Waals surface area contributed by atoms with Crippen molar-refractivity contribution in [1.82, 2.24) is 14.6 Å². The van der Waals surface area contributed by atoms with Gasteiger partial charge < -0.3 is 5.73 Å². The molecule has 2 aromatic heterocycles. The highest BCUT2D eigenvalue weighted by atomic mass is 15.2. The van der Waals surface area contributed by atoms with Crippen LogP contribution in [0.3, 0.4) is 0 Å². The summed E-state index contributed by atoms with van der Waals surface area (Å²) in [7, 11) is 0. The van der Waals surface area contributed by atoms with Gasteiger partial charge in [0.05, 0.1) is 0 Å². The average molecular weight is 252 g/mol. The molecule has 4 heteroatoms. The Labute approximate surface area is 111 Å². The molecular formula is C15H16N4. The fraction of sp³-hybridized carbons (Fsp3) is 0.200. The van der Waals surface area contributed by atoms with E-state index in [-0.39, 0.29) is 0 Å². The van der Waals surface area contributed by atoms with Crippen LogP contribution in [0.2, 0.25) is 0 Å². The number of aryl methyl sites for hydroxylation is 1. The minimum absolute atomic E-state index is 0.656. The number of hydrogen-bond acceptors (Lipinski definition) is 3. The maximum absolute atomic E-state index is 5.60. The summed E-state index contributed by atoms with van der Waals surface area (Å²) in [6, 6.07) is 12.4. The Bertz CT molecular complexity index is 715. The molecule has 0 atom stereocenters. The maximum atomic E-state index is 5.60. The Morgan fingerprint density at radius 2 is 2.05 bits per heavy atom. The highest BCUT2D eigenvalue weighted by Crippen LogP contribution is 2.20. The molecule has 0 unspecified atom stereocenters. The molecule has 96 valence electrons. The van der Waals surface area contributed by atoms with Crippen molar-refractivity contribution < 1.29 is 0 Å². The van der Waals surface area contributed by atoms with Gasteiger partial charge in [0.15, 0.2) is 11.5 Å². The van der Waals surface area contributed by atoms with Crippen molar-refractivity contribution >= 4 is 5.65 Å². The second-order valence-electron chi connectivity index (χ2n) is 4.69. The molecule has 0 aliphatic carbocycles. The fourth-order valence-electron chi connectivity index (χ4n) is 2.22. The molecule has 4 nitrogen and oxygen atoms in total. The van der Waals surface area contributed by atoms with Gasteiger partial charge in [-0.05, 0) is 49.2 Å². The van der Waals surface area contributed by atoms with E-state index < -0.39 is 0 Å². The lowest BCUT2D eigenvalue weighted by molar-refractivity contribution is 0.968. The molecule has 0 saturated heterocycles. The van der Waals surface area contributed by atoms with E-state index in [1.165, 1.54) is 11.1 Å². The molecule has 3 rings (SSSR count). The number of nitrogens with two attached hydrogens (primary N) is 1. The lowest BCUT2D eigenvalue weighted by Gasteiger charge is -2.03. The lowest BCUT2D eigenvalue weighted by atomic mass is 10.1. The number of aromatic nitrogens is 3. The van der Waals surface area contributed by atoms with E-state index >= 15 is 0 Å². The highest BCUT2D eigenvalue weighted by Gasteiger charge is 2.08. The van der Waals surface area contributed by atoms with Gasteiger partial charge in [-0.3, -0.25) is 4.40 Å². The summed E-state index contributed by atoms with van der Waals surface area (Å²) in [6.07, 6.45) is 2.89. The number of rotatable bonds is 3. The van der Waals surface area contributed by atoms with Gasteiger partial charge in [0.25, 0.3) is 0 Å². The molecule has 2 N–H and O–H groups in total. The van der Waals surface area contributed by atoms with Crippen LogP contribution in [0.1, 0.15) is 11.1 Å². The van der Waals surface area contributed by atoms with Gasteiger partial charge in [-0.2, -0.15) is 0 Å². The summed E-state index contributed by atoms with van der Waals surface area (Å²) >= 11 is 0. The Morgan fingerprint density at radius 3 is 2.89 bits per heavy atom. The third-order valence-electron chi connectivity index (χ3n) is 3.18. The predicted molar refractivity (Wildman–Crippen MR) is 75.9 cm³/mol. The topological polar surface area (TPSA) is 56.2 Å². The van der Waals surface area contributed by atoms with Crippen molar-refractivity contribution in [2.24, 2.45) is 5.73 Å². The third-order valence-corrected chi connectivity index (χ3v) is 3.18. The predicted octanol–water partition coefficient (Wildman–Crippen LogP) is 2.21. The van der Waals surface area contributed by atoms with Gasteiger partial charge in [0.1, 0.15) is 0 Å². The first-order chi connectivity index (χ1) is 9.28. The van der Waals surface area contributed by atoms with E-state index in [2.05, 4.69) is 41.4 Å². The van der Waals surface area contributed by atoms with Crippen molar-refractivity contribution in [1.29, 1.82) is 0 Å². The zero-order valence-corrected chi connectivity index (χ0v) is 10.9. The van der Waals surface area contributed by atoms with Crippen LogP contribution >= 0.6 is 0 Å². The summed E-state index contributed by atoms with van der Waals surface area (Å²) < 4.78 is 2.01. The maximum Gasteiger partial charge on any atom is 0.168 e. The van der Waals surface area contributed by atoms with Crippen molar-refractivity contribution in [2.45, 2.75) is 13.3 Å². The largest absolute Gasteiger partial charge is 0.330 e. The molecule has 0 spiro atoms. The number of nitrogens with zero attached hydrogens (tertiary/aromatic N) is 3. The minimum atomic E-state index is 0.656. The third kappa shape index (κ3) is 2.22. The van der Waals surface area contributed by atoms with E-state index in [9.17, 15) is 0 Å². The molecule has 0 bridgehead atoms. The molecule has 0 saturated carbocycles. The number of hydrogen-bond donors (Lipinski definition) is 1. The molecule has 0 aliphatic heterocycles. The van der Waals surface area contributed by atoms with Crippen molar-refractivity contribution in [3.63, 3.8) is 0 Å². The van der Waals surface area contributed by atoms with Gasteiger partial charge in [-0.1, -0.05) is 18.2 Å². The molecular weight excluding hydrogens is 236 g/mol. The van der Waals surface area contributed by atoms with Crippen molar-refractivity contribution in [2.75, 3.05) is 6.54 Å². The van der Waals surface area contributed by atoms with Crippen LogP contribution in [0, 0.1) is 6.92 Å². The molecule has 0 amide bonds. The standard InChI is InChI=1S/C15H16N4/c1-11-6-8-19-14(9-11)17-18-15(19)13-4-2-3-12(10-13)5-7-16/h2-4,6,8-10H,5,7,16H2,1H3.